The Kier molecular flexibility index (Phi) is 4.80. The zero-order valence-corrected chi connectivity index (χ0v) is 14.1. The zero-order valence-electron chi connectivity index (χ0n) is 13.4. The molecule has 4 rings (SSSR count). The van der Waals surface area contributed by atoms with Gasteiger partial charge in [0.15, 0.2) is 6.29 Å². The number of piperidine rings is 1. The Morgan fingerprint density at radius 2 is 2.08 bits per heavy atom. The summed E-state index contributed by atoms with van der Waals surface area (Å²) in [6, 6.07) is 7.71. The third-order valence-corrected chi connectivity index (χ3v) is 4.75. The molecule has 2 aliphatic heterocycles. The first-order valence-corrected chi connectivity index (χ1v) is 8.73. The van der Waals surface area contributed by atoms with E-state index >= 15 is 0 Å². The van der Waals surface area contributed by atoms with Crippen molar-refractivity contribution in [2.45, 2.75) is 38.1 Å². The van der Waals surface area contributed by atoms with Crippen molar-refractivity contribution in [2.24, 2.45) is 0 Å². The molecular formula is C17H20ClN3O3. The summed E-state index contributed by atoms with van der Waals surface area (Å²) in [5, 5.41) is 4.74. The lowest BCUT2D eigenvalue weighted by Gasteiger charge is -2.36. The first-order valence-electron chi connectivity index (χ1n) is 8.35. The smallest absolute Gasteiger partial charge is 0.241 e. The maximum atomic E-state index is 6.03. The van der Waals surface area contributed by atoms with E-state index in [1.54, 1.807) is 0 Å². The Morgan fingerprint density at radius 1 is 1.21 bits per heavy atom. The van der Waals surface area contributed by atoms with Crippen LogP contribution in [-0.4, -0.2) is 47.1 Å². The molecule has 0 aliphatic carbocycles. The highest BCUT2D eigenvalue weighted by Crippen LogP contribution is 2.26. The van der Waals surface area contributed by atoms with Crippen LogP contribution in [0.1, 0.15) is 25.2 Å². The van der Waals surface area contributed by atoms with Crippen LogP contribution in [0.3, 0.4) is 0 Å². The van der Waals surface area contributed by atoms with Gasteiger partial charge in [-0.25, -0.2) is 0 Å². The van der Waals surface area contributed by atoms with Crippen LogP contribution in [0.4, 0.5) is 0 Å². The molecule has 2 aliphatic rings. The number of hydrogen-bond acceptors (Lipinski definition) is 6. The average Bonchev–Trinajstić information content (AvgIpc) is 3.27. The SMILES string of the molecule is Clc1cccc(-c2noc(CN3CCCCC3C3OCCO3)n2)c1. The maximum absolute atomic E-state index is 6.03. The lowest BCUT2D eigenvalue weighted by Crippen LogP contribution is -2.46. The second-order valence-electron chi connectivity index (χ2n) is 6.17. The van der Waals surface area contributed by atoms with Gasteiger partial charge in [-0.1, -0.05) is 35.3 Å². The van der Waals surface area contributed by atoms with Crippen LogP contribution < -0.4 is 0 Å². The van der Waals surface area contributed by atoms with Crippen LogP contribution in [0.5, 0.6) is 0 Å². The number of nitrogens with zero attached hydrogens (tertiary/aromatic N) is 3. The lowest BCUT2D eigenvalue weighted by atomic mass is 10.0. The van der Waals surface area contributed by atoms with Crippen LogP contribution in [0.25, 0.3) is 11.4 Å². The highest BCUT2D eigenvalue weighted by molar-refractivity contribution is 6.30. The number of ether oxygens (including phenoxy) is 2. The quantitative estimate of drug-likeness (QED) is 0.845. The van der Waals surface area contributed by atoms with Gasteiger partial charge in [0.25, 0.3) is 0 Å². The lowest BCUT2D eigenvalue weighted by molar-refractivity contribution is -0.112. The van der Waals surface area contributed by atoms with Crippen molar-refractivity contribution in [3.8, 4) is 11.4 Å². The Bertz CT molecular complexity index is 687. The van der Waals surface area contributed by atoms with Crippen LogP contribution in [0, 0.1) is 0 Å². The molecule has 24 heavy (non-hydrogen) atoms. The van der Waals surface area contributed by atoms with Gasteiger partial charge in [0, 0.05) is 10.6 Å². The van der Waals surface area contributed by atoms with Crippen molar-refractivity contribution in [2.75, 3.05) is 19.8 Å². The minimum absolute atomic E-state index is 0.138. The predicted molar refractivity (Wildman–Crippen MR) is 88.5 cm³/mol. The van der Waals surface area contributed by atoms with Crippen LogP contribution in [0.2, 0.25) is 5.02 Å². The highest BCUT2D eigenvalue weighted by Gasteiger charge is 2.34. The summed E-state index contributed by atoms with van der Waals surface area (Å²) in [6.07, 6.45) is 3.29. The molecule has 0 saturated carbocycles. The number of aromatic nitrogens is 2. The molecule has 128 valence electrons. The molecule has 6 nitrogen and oxygen atoms in total. The molecule has 7 heteroatoms. The maximum Gasteiger partial charge on any atom is 0.241 e. The fourth-order valence-corrected chi connectivity index (χ4v) is 3.55. The highest BCUT2D eigenvalue weighted by atomic mass is 35.5. The molecule has 1 aromatic heterocycles. The molecule has 1 aromatic carbocycles. The molecule has 0 amide bonds. The topological polar surface area (TPSA) is 60.6 Å². The largest absolute Gasteiger partial charge is 0.349 e. The van der Waals surface area contributed by atoms with Crippen LogP contribution in [-0.2, 0) is 16.0 Å². The summed E-state index contributed by atoms with van der Waals surface area (Å²) in [7, 11) is 0. The second-order valence-corrected chi connectivity index (χ2v) is 6.60. The van der Waals surface area contributed by atoms with Gasteiger partial charge in [-0.15, -0.1) is 0 Å². The fourth-order valence-electron chi connectivity index (χ4n) is 3.36. The van der Waals surface area contributed by atoms with E-state index < -0.39 is 0 Å². The van der Waals surface area contributed by atoms with E-state index in [9.17, 15) is 0 Å². The van der Waals surface area contributed by atoms with Crippen LogP contribution >= 0.6 is 11.6 Å². The number of likely N-dealkylation sites (tertiary alicyclic amines) is 1. The third kappa shape index (κ3) is 3.47. The molecule has 2 aromatic rings. The average molecular weight is 350 g/mol. The summed E-state index contributed by atoms with van der Waals surface area (Å²) < 4.78 is 16.9. The molecule has 1 unspecified atom stereocenters. The molecule has 3 heterocycles. The number of halogens is 1. The van der Waals surface area contributed by atoms with E-state index in [4.69, 9.17) is 25.6 Å². The Balaban J connectivity index is 1.48. The number of rotatable bonds is 4. The second kappa shape index (κ2) is 7.19. The predicted octanol–water partition coefficient (Wildman–Crippen LogP) is 3.12. The summed E-state index contributed by atoms with van der Waals surface area (Å²) in [4.78, 5) is 6.85. The van der Waals surface area contributed by atoms with E-state index in [1.165, 1.54) is 12.8 Å². The number of benzene rings is 1. The first kappa shape index (κ1) is 16.0. The molecule has 2 fully saturated rings. The van der Waals surface area contributed by atoms with E-state index in [2.05, 4.69) is 15.0 Å². The zero-order chi connectivity index (χ0) is 16.4. The monoisotopic (exact) mass is 349 g/mol. The molecule has 1 atom stereocenters. The fraction of sp³-hybridized carbons (Fsp3) is 0.529. The summed E-state index contributed by atoms with van der Waals surface area (Å²) in [6.45, 7) is 2.95. The van der Waals surface area contributed by atoms with Gasteiger partial charge in [-0.05, 0) is 31.5 Å². The van der Waals surface area contributed by atoms with Crippen molar-refractivity contribution in [3.63, 3.8) is 0 Å². The Labute approximate surface area is 145 Å². The van der Waals surface area contributed by atoms with Gasteiger partial charge in [-0.3, -0.25) is 4.90 Å². The Morgan fingerprint density at radius 3 is 2.92 bits per heavy atom. The molecule has 0 bridgehead atoms. The standard InChI is InChI=1S/C17H20ClN3O3/c18-13-5-3-4-12(10-13)16-19-15(24-20-16)11-21-7-2-1-6-14(21)17-22-8-9-23-17/h3-5,10,14,17H,1-2,6-9,11H2. The van der Waals surface area contributed by atoms with Gasteiger partial charge >= 0.3 is 0 Å². The van der Waals surface area contributed by atoms with E-state index in [0.29, 0.717) is 36.5 Å². The Hall–Kier alpha value is -1.47. The van der Waals surface area contributed by atoms with Gasteiger partial charge < -0.3 is 14.0 Å². The van der Waals surface area contributed by atoms with Crippen molar-refractivity contribution >= 4 is 11.6 Å². The minimum Gasteiger partial charge on any atom is -0.349 e. The van der Waals surface area contributed by atoms with Crippen molar-refractivity contribution in [3.05, 3.63) is 35.2 Å². The molecule has 0 N–H and O–H groups in total. The van der Waals surface area contributed by atoms with Gasteiger partial charge in [0.2, 0.25) is 11.7 Å². The summed E-state index contributed by atoms with van der Waals surface area (Å²) >= 11 is 6.03. The molecule has 0 radical (unpaired) electrons. The van der Waals surface area contributed by atoms with Gasteiger partial charge in [0.1, 0.15) is 0 Å². The minimum atomic E-state index is -0.138. The van der Waals surface area contributed by atoms with E-state index in [1.807, 2.05) is 24.3 Å². The van der Waals surface area contributed by atoms with Crippen molar-refractivity contribution in [1.82, 2.24) is 15.0 Å². The summed E-state index contributed by atoms with van der Waals surface area (Å²) in [5.74, 6) is 1.17. The van der Waals surface area contributed by atoms with E-state index in [0.717, 1.165) is 18.5 Å². The van der Waals surface area contributed by atoms with Crippen LogP contribution in [0.15, 0.2) is 28.8 Å². The van der Waals surface area contributed by atoms with Gasteiger partial charge in [0.05, 0.1) is 25.8 Å². The molecule has 0 spiro atoms. The van der Waals surface area contributed by atoms with E-state index in [-0.39, 0.29) is 12.3 Å². The van der Waals surface area contributed by atoms with Crippen molar-refractivity contribution < 1.29 is 14.0 Å². The van der Waals surface area contributed by atoms with Crippen molar-refractivity contribution in [1.29, 1.82) is 0 Å². The molecular weight excluding hydrogens is 330 g/mol. The van der Waals surface area contributed by atoms with Gasteiger partial charge in [-0.2, -0.15) is 4.98 Å². The normalized spacial score (nSPS) is 23.0. The first-order chi connectivity index (χ1) is 11.8. The third-order valence-electron chi connectivity index (χ3n) is 4.52. The molecule has 2 saturated heterocycles. The number of hydrogen-bond donors (Lipinski definition) is 0. The summed E-state index contributed by atoms with van der Waals surface area (Å²) in [5.41, 5.74) is 0.857.